The molecule has 2 aromatic rings. The van der Waals surface area contributed by atoms with Gasteiger partial charge in [0.2, 0.25) is 0 Å². The van der Waals surface area contributed by atoms with Crippen LogP contribution in [0.15, 0.2) is 47.7 Å². The number of para-hydroxylation sites is 1. The average molecular weight is 416 g/mol. The molecule has 0 bridgehead atoms. The molecule has 7 nitrogen and oxygen atoms in total. The summed E-state index contributed by atoms with van der Waals surface area (Å²) in [4.78, 5) is 22.1. The largest absolute Gasteiger partial charge is 0.365 e. The number of carbonyl (C=O) groups excluding carboxylic acids is 1. The highest BCUT2D eigenvalue weighted by molar-refractivity contribution is 5.93. The summed E-state index contributed by atoms with van der Waals surface area (Å²) >= 11 is 0. The van der Waals surface area contributed by atoms with E-state index in [1.54, 1.807) is 23.2 Å². The van der Waals surface area contributed by atoms with Gasteiger partial charge in [-0.05, 0) is 37.6 Å². The number of carbonyl (C=O) groups is 1. The van der Waals surface area contributed by atoms with Gasteiger partial charge in [-0.1, -0.05) is 6.07 Å². The lowest BCUT2D eigenvalue weighted by atomic mass is 10.2. The van der Waals surface area contributed by atoms with Crippen molar-refractivity contribution in [2.24, 2.45) is 4.99 Å². The molecule has 1 aliphatic rings. The molecule has 0 spiro atoms. The third-order valence-electron chi connectivity index (χ3n) is 4.72. The Morgan fingerprint density at radius 1 is 1.23 bits per heavy atom. The topological polar surface area (TPSA) is 81.6 Å². The summed E-state index contributed by atoms with van der Waals surface area (Å²) in [6, 6.07) is 7.31. The normalized spacial score (nSPS) is 16.4. The van der Waals surface area contributed by atoms with Crippen LogP contribution in [0.1, 0.15) is 23.7 Å². The van der Waals surface area contributed by atoms with Crippen LogP contribution < -0.4 is 20.9 Å². The highest BCUT2D eigenvalue weighted by atomic mass is 19.1. The maximum absolute atomic E-state index is 14.0. The van der Waals surface area contributed by atoms with E-state index < -0.39 is 11.6 Å². The number of rotatable bonds is 7. The molecular formula is C21H26F2N6O. The van der Waals surface area contributed by atoms with E-state index in [0.717, 1.165) is 6.42 Å². The van der Waals surface area contributed by atoms with E-state index in [-0.39, 0.29) is 17.6 Å². The van der Waals surface area contributed by atoms with Crippen LogP contribution in [0.4, 0.5) is 14.5 Å². The van der Waals surface area contributed by atoms with E-state index in [2.05, 4.69) is 25.9 Å². The van der Waals surface area contributed by atoms with Crippen LogP contribution in [0.2, 0.25) is 0 Å². The molecule has 9 heteroatoms. The Kier molecular flexibility index (Phi) is 7.53. The Morgan fingerprint density at radius 3 is 2.73 bits per heavy atom. The number of benzene rings is 1. The van der Waals surface area contributed by atoms with Gasteiger partial charge in [0, 0.05) is 44.6 Å². The van der Waals surface area contributed by atoms with Gasteiger partial charge in [-0.15, -0.1) is 0 Å². The molecule has 0 aliphatic carbocycles. The Bertz CT molecular complexity index is 857. The SMILES string of the molecule is CCNC(=NCCNC(=O)c1cccnc1)NC1CCN(c2c(F)cccc2F)C1. The summed E-state index contributed by atoms with van der Waals surface area (Å²) in [5, 5.41) is 9.26. The standard InChI is InChI=1S/C21H26F2N6O/c1-2-25-21(27-11-10-26-20(30)15-5-4-9-24-13-15)28-16-8-12-29(14-16)19-17(22)6-3-7-18(19)23/h3-7,9,13,16H,2,8,10-12,14H2,1H3,(H,26,30)(H2,25,27,28). The molecule has 1 amide bonds. The first-order valence-corrected chi connectivity index (χ1v) is 10.0. The van der Waals surface area contributed by atoms with E-state index in [1.165, 1.54) is 24.4 Å². The van der Waals surface area contributed by atoms with Crippen LogP contribution in [-0.2, 0) is 0 Å². The van der Waals surface area contributed by atoms with Gasteiger partial charge in [0.15, 0.2) is 5.96 Å². The van der Waals surface area contributed by atoms with Crippen molar-refractivity contribution in [3.63, 3.8) is 0 Å². The highest BCUT2D eigenvalue weighted by Crippen LogP contribution is 2.26. The second-order valence-electron chi connectivity index (χ2n) is 6.90. The molecule has 1 unspecified atom stereocenters. The second kappa shape index (κ2) is 10.5. The first-order chi connectivity index (χ1) is 14.6. The molecule has 1 fully saturated rings. The second-order valence-corrected chi connectivity index (χ2v) is 6.90. The molecule has 1 saturated heterocycles. The number of halogens is 2. The molecule has 0 saturated carbocycles. The number of anilines is 1. The Labute approximate surface area is 174 Å². The lowest BCUT2D eigenvalue weighted by molar-refractivity contribution is 0.0954. The Balaban J connectivity index is 1.51. The van der Waals surface area contributed by atoms with E-state index in [9.17, 15) is 13.6 Å². The first-order valence-electron chi connectivity index (χ1n) is 10.0. The molecule has 2 heterocycles. The van der Waals surface area contributed by atoms with Crippen molar-refractivity contribution in [3.8, 4) is 0 Å². The third kappa shape index (κ3) is 5.65. The number of nitrogens with zero attached hydrogens (tertiary/aromatic N) is 3. The lowest BCUT2D eigenvalue weighted by Crippen LogP contribution is -2.45. The van der Waals surface area contributed by atoms with Crippen LogP contribution in [0.5, 0.6) is 0 Å². The van der Waals surface area contributed by atoms with Crippen LogP contribution in [-0.4, -0.2) is 55.6 Å². The van der Waals surface area contributed by atoms with E-state index >= 15 is 0 Å². The number of nitrogens with one attached hydrogen (secondary N) is 3. The third-order valence-corrected chi connectivity index (χ3v) is 4.72. The van der Waals surface area contributed by atoms with Gasteiger partial charge in [0.1, 0.15) is 17.3 Å². The molecule has 1 aromatic heterocycles. The fraction of sp³-hybridized carbons (Fsp3) is 0.381. The van der Waals surface area contributed by atoms with Crippen molar-refractivity contribution < 1.29 is 13.6 Å². The summed E-state index contributed by atoms with van der Waals surface area (Å²) in [6.07, 6.45) is 3.85. The van der Waals surface area contributed by atoms with Gasteiger partial charge in [-0.2, -0.15) is 0 Å². The van der Waals surface area contributed by atoms with Crippen molar-refractivity contribution in [3.05, 3.63) is 59.9 Å². The van der Waals surface area contributed by atoms with Crippen LogP contribution in [0, 0.1) is 11.6 Å². The highest BCUT2D eigenvalue weighted by Gasteiger charge is 2.27. The van der Waals surface area contributed by atoms with Crippen LogP contribution in [0.3, 0.4) is 0 Å². The minimum Gasteiger partial charge on any atom is -0.365 e. The van der Waals surface area contributed by atoms with Crippen LogP contribution >= 0.6 is 0 Å². The van der Waals surface area contributed by atoms with Gasteiger partial charge in [-0.25, -0.2) is 8.78 Å². The Hall–Kier alpha value is -3.23. The Morgan fingerprint density at radius 2 is 2.03 bits per heavy atom. The zero-order valence-electron chi connectivity index (χ0n) is 16.9. The fourth-order valence-corrected chi connectivity index (χ4v) is 3.32. The van der Waals surface area contributed by atoms with Crippen molar-refractivity contribution in [2.75, 3.05) is 37.6 Å². The zero-order valence-corrected chi connectivity index (χ0v) is 16.9. The van der Waals surface area contributed by atoms with Gasteiger partial charge < -0.3 is 20.9 Å². The maximum Gasteiger partial charge on any atom is 0.252 e. The summed E-state index contributed by atoms with van der Waals surface area (Å²) in [7, 11) is 0. The summed E-state index contributed by atoms with van der Waals surface area (Å²) < 4.78 is 28.1. The quantitative estimate of drug-likeness (QED) is 0.365. The van der Waals surface area contributed by atoms with Crippen molar-refractivity contribution in [1.82, 2.24) is 20.9 Å². The van der Waals surface area contributed by atoms with E-state index in [4.69, 9.17) is 0 Å². The lowest BCUT2D eigenvalue weighted by Gasteiger charge is -2.21. The number of pyridine rings is 1. The fourth-order valence-electron chi connectivity index (χ4n) is 3.32. The smallest absolute Gasteiger partial charge is 0.252 e. The molecule has 1 aliphatic heterocycles. The van der Waals surface area contributed by atoms with Crippen molar-refractivity contribution >= 4 is 17.6 Å². The monoisotopic (exact) mass is 416 g/mol. The predicted molar refractivity (Wildman–Crippen MR) is 113 cm³/mol. The van der Waals surface area contributed by atoms with Gasteiger partial charge in [0.05, 0.1) is 12.1 Å². The molecule has 1 atom stereocenters. The summed E-state index contributed by atoms with van der Waals surface area (Å²) in [5.41, 5.74) is 0.514. The summed E-state index contributed by atoms with van der Waals surface area (Å²) in [6.45, 7) is 4.42. The van der Waals surface area contributed by atoms with Crippen molar-refractivity contribution in [1.29, 1.82) is 0 Å². The number of hydrogen-bond acceptors (Lipinski definition) is 4. The zero-order chi connectivity index (χ0) is 21.3. The number of guanidine groups is 1. The molecule has 3 rings (SSSR count). The number of amides is 1. The van der Waals surface area contributed by atoms with Crippen molar-refractivity contribution in [2.45, 2.75) is 19.4 Å². The molecule has 0 radical (unpaired) electrons. The number of aliphatic imine (C=N–C) groups is 1. The number of hydrogen-bond donors (Lipinski definition) is 3. The molecule has 160 valence electrons. The van der Waals surface area contributed by atoms with E-state index in [0.29, 0.717) is 44.2 Å². The predicted octanol–water partition coefficient (Wildman–Crippen LogP) is 1.92. The average Bonchev–Trinajstić information content (AvgIpc) is 3.19. The first kappa shape index (κ1) is 21.5. The van der Waals surface area contributed by atoms with Crippen LogP contribution in [0.25, 0.3) is 0 Å². The minimum atomic E-state index is -0.555. The van der Waals surface area contributed by atoms with Gasteiger partial charge in [0.25, 0.3) is 5.91 Å². The maximum atomic E-state index is 14.0. The van der Waals surface area contributed by atoms with Gasteiger partial charge >= 0.3 is 0 Å². The van der Waals surface area contributed by atoms with E-state index in [1.807, 2.05) is 6.92 Å². The summed E-state index contributed by atoms with van der Waals surface area (Å²) in [5.74, 6) is -0.704. The number of aromatic nitrogens is 1. The molecule has 30 heavy (non-hydrogen) atoms. The minimum absolute atomic E-state index is 0.00629. The molecule has 3 N–H and O–H groups in total. The molecule has 1 aromatic carbocycles. The molecular weight excluding hydrogens is 390 g/mol. The van der Waals surface area contributed by atoms with Gasteiger partial charge in [-0.3, -0.25) is 14.8 Å².